The summed E-state index contributed by atoms with van der Waals surface area (Å²) >= 11 is 6.05. The molecule has 0 spiro atoms. The van der Waals surface area contributed by atoms with E-state index in [9.17, 15) is 4.79 Å². The minimum atomic E-state index is -0.302. The largest absolute Gasteiger partial charge is 0.454 e. The molecular weight excluding hydrogens is 280 g/mol. The monoisotopic (exact) mass is 290 g/mol. The Morgan fingerprint density at radius 3 is 3.00 bits per heavy atom. The van der Waals surface area contributed by atoms with Crippen molar-refractivity contribution in [1.29, 1.82) is 0 Å². The van der Waals surface area contributed by atoms with Gasteiger partial charge in [-0.2, -0.15) is 0 Å². The summed E-state index contributed by atoms with van der Waals surface area (Å²) in [5.41, 5.74) is 1.40. The molecule has 0 saturated heterocycles. The number of nitrogens with zero attached hydrogens (tertiary/aromatic N) is 1. The highest BCUT2D eigenvalue weighted by atomic mass is 35.5. The van der Waals surface area contributed by atoms with E-state index in [0.29, 0.717) is 27.9 Å². The summed E-state index contributed by atoms with van der Waals surface area (Å²) in [4.78, 5) is 16.3. The van der Waals surface area contributed by atoms with Crippen molar-refractivity contribution >= 4 is 23.3 Å². The number of halogens is 1. The molecule has 20 heavy (non-hydrogen) atoms. The Kier molecular flexibility index (Phi) is 3.20. The van der Waals surface area contributed by atoms with Crippen LogP contribution in [-0.4, -0.2) is 17.7 Å². The molecule has 1 aliphatic rings. The second kappa shape index (κ2) is 5.02. The van der Waals surface area contributed by atoms with Crippen LogP contribution >= 0.6 is 11.6 Å². The van der Waals surface area contributed by atoms with E-state index in [-0.39, 0.29) is 12.7 Å². The molecule has 3 rings (SSSR count). The van der Waals surface area contributed by atoms with Crippen LogP contribution in [0.1, 0.15) is 15.9 Å². The fourth-order valence-corrected chi connectivity index (χ4v) is 2.16. The van der Waals surface area contributed by atoms with E-state index < -0.39 is 0 Å². The first-order valence-corrected chi connectivity index (χ1v) is 6.34. The second-order valence-electron chi connectivity index (χ2n) is 4.36. The summed E-state index contributed by atoms with van der Waals surface area (Å²) in [5.74, 6) is 1.13. The number of ether oxygens (including phenoxy) is 2. The molecular formula is C14H11ClN2O3. The third-order valence-electron chi connectivity index (χ3n) is 2.85. The number of amides is 1. The Morgan fingerprint density at radius 1 is 1.35 bits per heavy atom. The van der Waals surface area contributed by atoms with Gasteiger partial charge in [-0.1, -0.05) is 11.6 Å². The molecule has 0 fully saturated rings. The van der Waals surface area contributed by atoms with Gasteiger partial charge in [-0.25, -0.2) is 4.98 Å². The van der Waals surface area contributed by atoms with Gasteiger partial charge in [0.05, 0.1) is 5.02 Å². The van der Waals surface area contributed by atoms with Crippen molar-refractivity contribution in [2.24, 2.45) is 0 Å². The minimum Gasteiger partial charge on any atom is -0.454 e. The van der Waals surface area contributed by atoms with E-state index >= 15 is 0 Å². The van der Waals surface area contributed by atoms with Crippen LogP contribution in [-0.2, 0) is 0 Å². The number of hydrogen-bond donors (Lipinski definition) is 1. The molecule has 0 radical (unpaired) electrons. The standard InChI is InChI=1S/C14H11ClN2O3/c1-8-2-3-16-12(4-8)17-14(18)9-5-10(15)13-11(6-9)19-7-20-13/h2-6H,7H2,1H3,(H,16,17,18). The smallest absolute Gasteiger partial charge is 0.257 e. The lowest BCUT2D eigenvalue weighted by atomic mass is 10.2. The van der Waals surface area contributed by atoms with E-state index in [2.05, 4.69) is 10.3 Å². The predicted octanol–water partition coefficient (Wildman–Crippen LogP) is 3.02. The van der Waals surface area contributed by atoms with Gasteiger partial charge in [0.15, 0.2) is 11.5 Å². The zero-order valence-corrected chi connectivity index (χ0v) is 11.4. The van der Waals surface area contributed by atoms with Gasteiger partial charge in [0, 0.05) is 11.8 Å². The van der Waals surface area contributed by atoms with Gasteiger partial charge in [-0.15, -0.1) is 0 Å². The van der Waals surface area contributed by atoms with Crippen LogP contribution in [0, 0.1) is 6.92 Å². The van der Waals surface area contributed by atoms with Crippen LogP contribution in [0.15, 0.2) is 30.5 Å². The summed E-state index contributed by atoms with van der Waals surface area (Å²) in [7, 11) is 0. The van der Waals surface area contributed by atoms with Crippen LogP contribution < -0.4 is 14.8 Å². The summed E-state index contributed by atoms with van der Waals surface area (Å²) < 4.78 is 10.4. The van der Waals surface area contributed by atoms with E-state index in [1.54, 1.807) is 24.4 Å². The van der Waals surface area contributed by atoms with Crippen molar-refractivity contribution < 1.29 is 14.3 Å². The molecule has 1 aliphatic heterocycles. The van der Waals surface area contributed by atoms with Crippen molar-refractivity contribution in [3.8, 4) is 11.5 Å². The Bertz CT molecular complexity index is 688. The van der Waals surface area contributed by atoms with Gasteiger partial charge in [0.25, 0.3) is 5.91 Å². The maximum absolute atomic E-state index is 12.2. The van der Waals surface area contributed by atoms with E-state index in [4.69, 9.17) is 21.1 Å². The average Bonchev–Trinajstić information content (AvgIpc) is 2.87. The van der Waals surface area contributed by atoms with Crippen molar-refractivity contribution in [2.45, 2.75) is 6.92 Å². The predicted molar refractivity (Wildman–Crippen MR) is 74.5 cm³/mol. The first kappa shape index (κ1) is 12.7. The van der Waals surface area contributed by atoms with Gasteiger partial charge in [-0.3, -0.25) is 4.79 Å². The summed E-state index contributed by atoms with van der Waals surface area (Å²) in [6.07, 6.45) is 1.64. The number of aryl methyl sites for hydroxylation is 1. The number of aromatic nitrogens is 1. The van der Waals surface area contributed by atoms with Gasteiger partial charge in [-0.05, 0) is 36.8 Å². The summed E-state index contributed by atoms with van der Waals surface area (Å²) in [6.45, 7) is 2.04. The quantitative estimate of drug-likeness (QED) is 0.923. The molecule has 1 N–H and O–H groups in total. The van der Waals surface area contributed by atoms with Gasteiger partial charge < -0.3 is 14.8 Å². The number of rotatable bonds is 2. The third kappa shape index (κ3) is 2.40. The highest BCUT2D eigenvalue weighted by Crippen LogP contribution is 2.39. The van der Waals surface area contributed by atoms with Crippen molar-refractivity contribution in [3.05, 3.63) is 46.6 Å². The zero-order valence-electron chi connectivity index (χ0n) is 10.6. The Labute approximate surface area is 120 Å². The maximum atomic E-state index is 12.2. The minimum absolute atomic E-state index is 0.111. The molecule has 2 aromatic rings. The van der Waals surface area contributed by atoms with Gasteiger partial charge in [0.2, 0.25) is 6.79 Å². The topological polar surface area (TPSA) is 60.5 Å². The molecule has 1 aromatic heterocycles. The normalized spacial score (nSPS) is 12.3. The van der Waals surface area contributed by atoms with Crippen LogP contribution in [0.5, 0.6) is 11.5 Å². The van der Waals surface area contributed by atoms with E-state index in [1.165, 1.54) is 0 Å². The number of hydrogen-bond acceptors (Lipinski definition) is 4. The first-order chi connectivity index (χ1) is 9.63. The Balaban J connectivity index is 1.86. The molecule has 6 heteroatoms. The molecule has 1 aromatic carbocycles. The van der Waals surface area contributed by atoms with Gasteiger partial charge >= 0.3 is 0 Å². The molecule has 0 unspecified atom stereocenters. The molecule has 102 valence electrons. The van der Waals surface area contributed by atoms with Crippen molar-refractivity contribution in [3.63, 3.8) is 0 Å². The molecule has 5 nitrogen and oxygen atoms in total. The Hall–Kier alpha value is -2.27. The molecule has 0 saturated carbocycles. The van der Waals surface area contributed by atoms with Crippen LogP contribution in [0.25, 0.3) is 0 Å². The Morgan fingerprint density at radius 2 is 2.20 bits per heavy atom. The number of nitrogens with one attached hydrogen (secondary N) is 1. The van der Waals surface area contributed by atoms with Crippen LogP contribution in [0.4, 0.5) is 5.82 Å². The van der Waals surface area contributed by atoms with Crippen LogP contribution in [0.3, 0.4) is 0 Å². The number of carbonyl (C=O) groups excluding carboxylic acids is 1. The molecule has 0 aliphatic carbocycles. The fraction of sp³-hybridized carbons (Fsp3) is 0.143. The number of anilines is 1. The number of pyridine rings is 1. The first-order valence-electron chi connectivity index (χ1n) is 5.96. The van der Waals surface area contributed by atoms with Gasteiger partial charge in [0.1, 0.15) is 5.82 Å². The number of fused-ring (bicyclic) bond motifs is 1. The van der Waals surface area contributed by atoms with E-state index in [0.717, 1.165) is 5.56 Å². The lowest BCUT2D eigenvalue weighted by Crippen LogP contribution is -2.13. The van der Waals surface area contributed by atoms with E-state index in [1.807, 2.05) is 13.0 Å². The van der Waals surface area contributed by atoms with Crippen molar-refractivity contribution in [2.75, 3.05) is 12.1 Å². The molecule has 0 bridgehead atoms. The number of carbonyl (C=O) groups is 1. The summed E-state index contributed by atoms with van der Waals surface area (Å²) in [6, 6.07) is 6.78. The highest BCUT2D eigenvalue weighted by Gasteiger charge is 2.20. The maximum Gasteiger partial charge on any atom is 0.257 e. The number of benzene rings is 1. The molecule has 1 amide bonds. The van der Waals surface area contributed by atoms with Crippen molar-refractivity contribution in [1.82, 2.24) is 4.98 Å². The SMILES string of the molecule is Cc1ccnc(NC(=O)c2cc(Cl)c3c(c2)OCO3)c1. The lowest BCUT2D eigenvalue weighted by Gasteiger charge is -2.07. The molecule has 2 heterocycles. The average molecular weight is 291 g/mol. The summed E-state index contributed by atoms with van der Waals surface area (Å²) in [5, 5.41) is 3.06. The fourth-order valence-electron chi connectivity index (χ4n) is 1.89. The lowest BCUT2D eigenvalue weighted by molar-refractivity contribution is 0.102. The third-order valence-corrected chi connectivity index (χ3v) is 3.13. The molecule has 0 atom stereocenters. The van der Waals surface area contributed by atoms with Crippen LogP contribution in [0.2, 0.25) is 5.02 Å². The zero-order chi connectivity index (χ0) is 14.1. The second-order valence-corrected chi connectivity index (χ2v) is 4.77. The highest BCUT2D eigenvalue weighted by molar-refractivity contribution is 6.32.